The predicted octanol–water partition coefficient (Wildman–Crippen LogP) is 3.38. The van der Waals surface area contributed by atoms with Gasteiger partial charge >= 0.3 is 5.69 Å². The number of nitrogens with zero attached hydrogens (tertiary/aromatic N) is 3. The quantitative estimate of drug-likeness (QED) is 0.317. The maximum Gasteiger partial charge on any atom is 0.311 e. The van der Waals surface area contributed by atoms with E-state index in [1.165, 1.54) is 33.5 Å². The number of fused-ring (bicyclic) bond motifs is 1. The van der Waals surface area contributed by atoms with Crippen molar-refractivity contribution in [2.75, 3.05) is 26.8 Å². The number of hydrogen-bond donors (Lipinski definition) is 1. The van der Waals surface area contributed by atoms with Crippen molar-refractivity contribution in [3.8, 4) is 28.6 Å². The van der Waals surface area contributed by atoms with Crippen LogP contribution in [0.4, 0.5) is 5.69 Å². The molecule has 0 aliphatic heterocycles. The molecule has 178 valence electrons. The molecular formula is C24H20N4O7. The summed E-state index contributed by atoms with van der Waals surface area (Å²) in [6, 6.07) is 15.4. The highest BCUT2D eigenvalue weighted by atomic mass is 16.6. The fourth-order valence-electron chi connectivity index (χ4n) is 3.55. The molecular weight excluding hydrogens is 456 g/mol. The van der Waals surface area contributed by atoms with Crippen LogP contribution in [-0.4, -0.2) is 41.8 Å². The molecule has 4 aromatic rings. The Morgan fingerprint density at radius 1 is 0.943 bits per heavy atom. The minimum absolute atomic E-state index is 0.00195. The minimum atomic E-state index is -0.753. The second-order valence-corrected chi connectivity index (χ2v) is 7.25. The first-order chi connectivity index (χ1) is 16.9. The lowest BCUT2D eigenvalue weighted by atomic mass is 10.1. The van der Waals surface area contributed by atoms with Crippen molar-refractivity contribution < 1.29 is 23.9 Å². The highest BCUT2D eigenvalue weighted by molar-refractivity contribution is 6.01. The Labute approximate surface area is 198 Å². The lowest BCUT2D eigenvalue weighted by Gasteiger charge is -2.16. The van der Waals surface area contributed by atoms with Crippen molar-refractivity contribution in [3.05, 3.63) is 86.7 Å². The van der Waals surface area contributed by atoms with Crippen molar-refractivity contribution in [2.24, 2.45) is 0 Å². The van der Waals surface area contributed by atoms with Crippen LogP contribution in [0.5, 0.6) is 17.2 Å². The monoisotopic (exact) mass is 476 g/mol. The van der Waals surface area contributed by atoms with Crippen LogP contribution in [0.25, 0.3) is 22.3 Å². The smallest absolute Gasteiger partial charge is 0.311 e. The van der Waals surface area contributed by atoms with E-state index in [9.17, 15) is 19.7 Å². The number of hydrogen-bond acceptors (Lipinski definition) is 8. The number of ether oxygens (including phenoxy) is 3. The van der Waals surface area contributed by atoms with E-state index in [0.717, 1.165) is 10.7 Å². The molecule has 1 heterocycles. The summed E-state index contributed by atoms with van der Waals surface area (Å²) >= 11 is 0. The molecule has 0 aliphatic rings. The molecule has 0 fully saturated rings. The topological polar surface area (TPSA) is 135 Å². The van der Waals surface area contributed by atoms with E-state index in [-0.39, 0.29) is 28.2 Å². The van der Waals surface area contributed by atoms with Gasteiger partial charge in [0.2, 0.25) is 0 Å². The molecule has 35 heavy (non-hydrogen) atoms. The molecule has 11 nitrogen and oxygen atoms in total. The third-order valence-corrected chi connectivity index (χ3v) is 5.27. The Bertz CT molecular complexity index is 1510. The number of para-hydroxylation sites is 1. The molecule has 4 rings (SSSR count). The number of nitro groups is 1. The number of nitro benzene ring substituents is 1. The zero-order valence-corrected chi connectivity index (χ0v) is 19.0. The fourth-order valence-corrected chi connectivity index (χ4v) is 3.55. The van der Waals surface area contributed by atoms with E-state index >= 15 is 0 Å². The van der Waals surface area contributed by atoms with E-state index in [1.54, 1.807) is 42.5 Å². The van der Waals surface area contributed by atoms with Crippen LogP contribution in [0.1, 0.15) is 10.4 Å². The average Bonchev–Trinajstić information content (AvgIpc) is 2.89. The first kappa shape index (κ1) is 23.2. The van der Waals surface area contributed by atoms with E-state index < -0.39 is 16.4 Å². The first-order valence-corrected chi connectivity index (χ1v) is 10.3. The van der Waals surface area contributed by atoms with Gasteiger partial charge in [0.15, 0.2) is 23.1 Å². The molecule has 0 spiro atoms. The average molecular weight is 476 g/mol. The molecule has 0 bridgehead atoms. The highest BCUT2D eigenvalue weighted by Crippen LogP contribution is 2.32. The van der Waals surface area contributed by atoms with Gasteiger partial charge in [-0.05, 0) is 42.5 Å². The highest BCUT2D eigenvalue weighted by Gasteiger charge is 2.21. The number of carbonyl (C=O) groups is 1. The summed E-state index contributed by atoms with van der Waals surface area (Å²) in [4.78, 5) is 41.7. The van der Waals surface area contributed by atoms with Gasteiger partial charge in [-0.2, -0.15) is 4.68 Å². The summed E-state index contributed by atoms with van der Waals surface area (Å²) in [6.45, 7) is 0. The molecule has 1 N–H and O–H groups in total. The molecule has 1 aromatic heterocycles. The van der Waals surface area contributed by atoms with Gasteiger partial charge in [0.1, 0.15) is 0 Å². The Kier molecular flexibility index (Phi) is 6.32. The van der Waals surface area contributed by atoms with E-state index in [4.69, 9.17) is 14.2 Å². The fraction of sp³-hybridized carbons (Fsp3) is 0.125. The summed E-state index contributed by atoms with van der Waals surface area (Å²) in [7, 11) is 4.26. The number of benzene rings is 3. The third kappa shape index (κ3) is 4.34. The molecule has 0 aliphatic carbocycles. The van der Waals surface area contributed by atoms with Gasteiger partial charge in [-0.3, -0.25) is 25.1 Å². The molecule has 0 atom stereocenters. The van der Waals surface area contributed by atoms with Crippen molar-refractivity contribution >= 4 is 22.5 Å². The molecule has 3 aromatic carbocycles. The Morgan fingerprint density at radius 2 is 1.63 bits per heavy atom. The summed E-state index contributed by atoms with van der Waals surface area (Å²) in [5.41, 5.74) is 2.45. The normalized spacial score (nSPS) is 10.6. The van der Waals surface area contributed by atoms with Gasteiger partial charge in [0.05, 0.1) is 37.2 Å². The predicted molar refractivity (Wildman–Crippen MR) is 128 cm³/mol. The lowest BCUT2D eigenvalue weighted by molar-refractivity contribution is -0.385. The van der Waals surface area contributed by atoms with Crippen molar-refractivity contribution in [3.63, 3.8) is 0 Å². The zero-order chi connectivity index (χ0) is 25.1. The van der Waals surface area contributed by atoms with Crippen LogP contribution >= 0.6 is 0 Å². The second kappa shape index (κ2) is 9.51. The van der Waals surface area contributed by atoms with Crippen LogP contribution in [0, 0.1) is 10.1 Å². The Hall–Kier alpha value is -4.93. The van der Waals surface area contributed by atoms with E-state index in [1.807, 2.05) is 0 Å². The third-order valence-electron chi connectivity index (χ3n) is 5.27. The molecule has 11 heteroatoms. The summed E-state index contributed by atoms with van der Waals surface area (Å²) in [6.07, 6.45) is 0. The van der Waals surface area contributed by atoms with E-state index in [0.29, 0.717) is 22.6 Å². The van der Waals surface area contributed by atoms with Gasteiger partial charge in [-0.15, -0.1) is 0 Å². The molecule has 0 saturated heterocycles. The number of rotatable bonds is 7. The standard InChI is InChI=1S/C24H20N4O7/c1-33-19-10-9-15(12-18(19)28(31)32)23(29)26-27-22(14-8-11-20(34-2)21(13-14)35-3)25-17-7-5-4-6-16(17)24(27)30/h4-13H,1-3H3,(H,26,29). The molecule has 0 saturated carbocycles. The van der Waals surface area contributed by atoms with Crippen LogP contribution in [-0.2, 0) is 0 Å². The van der Waals surface area contributed by atoms with Crippen molar-refractivity contribution in [1.82, 2.24) is 9.66 Å². The number of nitrogens with one attached hydrogen (secondary N) is 1. The minimum Gasteiger partial charge on any atom is -0.493 e. The maximum absolute atomic E-state index is 13.4. The lowest BCUT2D eigenvalue weighted by Crippen LogP contribution is -2.35. The van der Waals surface area contributed by atoms with Crippen molar-refractivity contribution in [2.45, 2.75) is 0 Å². The summed E-state index contributed by atoms with van der Waals surface area (Å²) < 4.78 is 16.6. The van der Waals surface area contributed by atoms with Gasteiger partial charge in [-0.1, -0.05) is 12.1 Å². The SMILES string of the molecule is COc1ccc(-c2nc3ccccc3c(=O)n2NC(=O)c2ccc(OC)c([N+](=O)[O-])c2)cc1OC. The maximum atomic E-state index is 13.4. The second-order valence-electron chi connectivity index (χ2n) is 7.25. The largest absolute Gasteiger partial charge is 0.493 e. The number of aromatic nitrogens is 2. The summed E-state index contributed by atoms with van der Waals surface area (Å²) in [5.74, 6) is 0.251. The molecule has 0 unspecified atom stereocenters. The molecule has 1 amide bonds. The van der Waals surface area contributed by atoms with Crippen molar-refractivity contribution in [1.29, 1.82) is 0 Å². The Morgan fingerprint density at radius 3 is 2.31 bits per heavy atom. The van der Waals surface area contributed by atoms with Gasteiger partial charge in [-0.25, -0.2) is 4.98 Å². The van der Waals surface area contributed by atoms with Crippen LogP contribution in [0.2, 0.25) is 0 Å². The van der Waals surface area contributed by atoms with E-state index in [2.05, 4.69) is 10.4 Å². The van der Waals surface area contributed by atoms with Gasteiger partial charge < -0.3 is 14.2 Å². The number of carbonyl (C=O) groups excluding carboxylic acids is 1. The molecule has 0 radical (unpaired) electrons. The first-order valence-electron chi connectivity index (χ1n) is 10.3. The van der Waals surface area contributed by atoms with Crippen LogP contribution < -0.4 is 25.2 Å². The van der Waals surface area contributed by atoms with Crippen LogP contribution in [0.3, 0.4) is 0 Å². The number of methoxy groups -OCH3 is 3. The summed E-state index contributed by atoms with van der Waals surface area (Å²) in [5, 5.41) is 11.6. The van der Waals surface area contributed by atoms with Crippen LogP contribution in [0.15, 0.2) is 65.5 Å². The number of amides is 1. The Balaban J connectivity index is 1.87. The van der Waals surface area contributed by atoms with Gasteiger partial charge in [0.25, 0.3) is 11.5 Å². The van der Waals surface area contributed by atoms with Gasteiger partial charge in [0, 0.05) is 17.2 Å². The zero-order valence-electron chi connectivity index (χ0n) is 19.0.